The van der Waals surface area contributed by atoms with Crippen molar-refractivity contribution in [3.8, 4) is 0 Å². The summed E-state index contributed by atoms with van der Waals surface area (Å²) in [6.07, 6.45) is 57.0. The molecule has 0 heterocycles. The van der Waals surface area contributed by atoms with Crippen molar-refractivity contribution in [1.82, 2.24) is 10.6 Å². The Balaban J connectivity index is 1.88. The Bertz CT molecular complexity index is 2160. The van der Waals surface area contributed by atoms with Gasteiger partial charge in [-0.2, -0.15) is 0 Å². The van der Waals surface area contributed by atoms with E-state index < -0.39 is 35.3 Å². The highest BCUT2D eigenvalue weighted by Gasteiger charge is 2.40. The molecule has 0 aliphatic rings. The first-order valence-electron chi connectivity index (χ1n) is 26.3. The van der Waals surface area contributed by atoms with Crippen molar-refractivity contribution in [3.05, 3.63) is 205 Å². The fourth-order valence-corrected chi connectivity index (χ4v) is 7.11. The van der Waals surface area contributed by atoms with Crippen molar-refractivity contribution in [3.63, 3.8) is 0 Å². The number of carbonyl (C=O) groups excluding carboxylic acids is 4. The molecule has 2 unspecified atom stereocenters. The summed E-state index contributed by atoms with van der Waals surface area (Å²) >= 11 is 0. The molecule has 2 rings (SSSR count). The van der Waals surface area contributed by atoms with E-state index in [1.165, 1.54) is 6.08 Å². The molecule has 388 valence electrons. The summed E-state index contributed by atoms with van der Waals surface area (Å²) in [6, 6.07) is 17.5. The number of allylic oxidation sites excluding steroid dienone is 21. The Labute approximate surface area is 434 Å². The largest absolute Gasteiger partial charge is 0.465 e. The van der Waals surface area contributed by atoms with E-state index in [1.807, 2.05) is 75.4 Å². The van der Waals surface area contributed by atoms with Gasteiger partial charge in [-0.25, -0.2) is 0 Å². The summed E-state index contributed by atoms with van der Waals surface area (Å²) < 4.78 is 12.6. The van der Waals surface area contributed by atoms with Crippen molar-refractivity contribution in [2.75, 3.05) is 13.2 Å². The molecule has 8 nitrogen and oxygen atoms in total. The second kappa shape index (κ2) is 41.3. The average Bonchev–Trinajstić information content (AvgIpc) is 3.37. The lowest BCUT2D eigenvalue weighted by molar-refractivity contribution is -0.160. The average molecular weight is 979 g/mol. The first-order valence-corrected chi connectivity index (χ1v) is 26.3. The molecule has 0 fully saturated rings. The van der Waals surface area contributed by atoms with Gasteiger partial charge in [-0.1, -0.05) is 210 Å². The molecule has 3 amide bonds. The van der Waals surface area contributed by atoms with Crippen molar-refractivity contribution >= 4 is 23.7 Å². The van der Waals surface area contributed by atoms with Gasteiger partial charge in [0.25, 0.3) is 0 Å². The number of carbonyl (C=O) groups is 4. The lowest BCUT2D eigenvalue weighted by Crippen LogP contribution is -2.49. The number of unbranched alkanes of at least 4 members (excludes halogenated alkanes) is 2. The Morgan fingerprint density at radius 1 is 0.556 bits per heavy atom. The molecule has 8 heteroatoms. The molecule has 0 spiro atoms. The molecular formula is C64H86N2O6. The maximum absolute atomic E-state index is 14.1. The molecular weight excluding hydrogens is 893 g/mol. The fraction of sp³-hybridized carbons (Fsp3) is 0.406. The second-order valence-corrected chi connectivity index (χ2v) is 18.1. The monoisotopic (exact) mass is 979 g/mol. The van der Waals surface area contributed by atoms with Gasteiger partial charge in [0, 0.05) is 24.8 Å². The Hall–Kier alpha value is -6.38. The van der Waals surface area contributed by atoms with E-state index in [9.17, 15) is 19.2 Å². The van der Waals surface area contributed by atoms with Gasteiger partial charge in [-0.15, -0.1) is 0 Å². The van der Waals surface area contributed by atoms with Crippen LogP contribution in [0.2, 0.25) is 0 Å². The number of aryl methyl sites for hydroxylation is 1. The normalized spacial score (nSPS) is 13.6. The molecule has 2 aromatic carbocycles. The van der Waals surface area contributed by atoms with E-state index in [4.69, 9.17) is 9.47 Å². The SMILES string of the molecule is CCC=CCC=CCC=CCC=CCC=CCC/C=C/C(=O)NC(=O)CCNC(=O)C(OC(c1ccccc1)c1ccccc1C)C(C)(C)COC(=O)CCCC=CCC=CCC=CCC=CCC=CCC. The van der Waals surface area contributed by atoms with Crippen LogP contribution in [0.1, 0.15) is 153 Å². The van der Waals surface area contributed by atoms with Crippen LogP contribution in [-0.2, 0) is 28.7 Å². The number of rotatable bonds is 37. The van der Waals surface area contributed by atoms with Gasteiger partial charge in [-0.3, -0.25) is 24.5 Å². The van der Waals surface area contributed by atoms with Crippen LogP contribution in [0.5, 0.6) is 0 Å². The quantitative estimate of drug-likeness (QED) is 0.0302. The predicted octanol–water partition coefficient (Wildman–Crippen LogP) is 15.2. The van der Waals surface area contributed by atoms with Crippen LogP contribution in [0.15, 0.2) is 188 Å². The lowest BCUT2D eigenvalue weighted by atomic mass is 9.85. The van der Waals surface area contributed by atoms with Crippen LogP contribution >= 0.6 is 0 Å². The summed E-state index contributed by atoms with van der Waals surface area (Å²) in [4.78, 5) is 52.4. The minimum Gasteiger partial charge on any atom is -0.465 e. The third-order valence-electron chi connectivity index (χ3n) is 11.1. The maximum Gasteiger partial charge on any atom is 0.305 e. The Morgan fingerprint density at radius 3 is 1.53 bits per heavy atom. The molecule has 0 aliphatic carbocycles. The van der Waals surface area contributed by atoms with Crippen LogP contribution in [0.25, 0.3) is 0 Å². The zero-order valence-corrected chi connectivity index (χ0v) is 44.2. The van der Waals surface area contributed by atoms with Crippen LogP contribution in [-0.4, -0.2) is 42.9 Å². The second-order valence-electron chi connectivity index (χ2n) is 18.1. The smallest absolute Gasteiger partial charge is 0.305 e. The van der Waals surface area contributed by atoms with Gasteiger partial charge >= 0.3 is 5.97 Å². The number of imide groups is 1. The van der Waals surface area contributed by atoms with E-state index in [0.717, 1.165) is 93.7 Å². The van der Waals surface area contributed by atoms with Crippen molar-refractivity contribution in [2.24, 2.45) is 5.41 Å². The van der Waals surface area contributed by atoms with Crippen LogP contribution in [0, 0.1) is 12.3 Å². The molecule has 0 aromatic heterocycles. The molecule has 2 aromatic rings. The molecule has 0 saturated heterocycles. The van der Waals surface area contributed by atoms with Gasteiger partial charge in [0.15, 0.2) is 0 Å². The van der Waals surface area contributed by atoms with Crippen LogP contribution in [0.3, 0.4) is 0 Å². The zero-order chi connectivity index (χ0) is 52.2. The molecule has 0 radical (unpaired) electrons. The maximum atomic E-state index is 14.1. The third-order valence-corrected chi connectivity index (χ3v) is 11.1. The highest BCUT2D eigenvalue weighted by Crippen LogP contribution is 2.35. The van der Waals surface area contributed by atoms with Crippen molar-refractivity contribution < 1.29 is 28.7 Å². The fourth-order valence-electron chi connectivity index (χ4n) is 7.11. The minimum atomic E-state index is -1.09. The number of hydrogen-bond acceptors (Lipinski definition) is 6. The Morgan fingerprint density at radius 2 is 1.01 bits per heavy atom. The molecule has 2 atom stereocenters. The van der Waals surface area contributed by atoms with E-state index in [-0.39, 0.29) is 32.0 Å². The molecule has 0 aliphatic heterocycles. The minimum absolute atomic E-state index is 0.0301. The van der Waals surface area contributed by atoms with Crippen molar-refractivity contribution in [1.29, 1.82) is 0 Å². The number of nitrogens with one attached hydrogen (secondary N) is 2. The van der Waals surface area contributed by atoms with E-state index in [0.29, 0.717) is 12.8 Å². The van der Waals surface area contributed by atoms with Gasteiger partial charge in [0.2, 0.25) is 17.7 Å². The number of hydrogen-bond donors (Lipinski definition) is 2. The highest BCUT2D eigenvalue weighted by molar-refractivity contribution is 6.01. The first-order chi connectivity index (χ1) is 35.1. The summed E-state index contributed by atoms with van der Waals surface area (Å²) in [5.41, 5.74) is 1.77. The summed E-state index contributed by atoms with van der Waals surface area (Å²) in [5, 5.41) is 5.24. The highest BCUT2D eigenvalue weighted by atomic mass is 16.5. The molecule has 72 heavy (non-hydrogen) atoms. The first kappa shape index (κ1) is 61.7. The third kappa shape index (κ3) is 31.1. The number of esters is 1. The van der Waals surface area contributed by atoms with Crippen molar-refractivity contribution in [2.45, 2.75) is 150 Å². The van der Waals surface area contributed by atoms with Gasteiger partial charge < -0.3 is 14.8 Å². The van der Waals surface area contributed by atoms with Crippen LogP contribution < -0.4 is 10.6 Å². The van der Waals surface area contributed by atoms with Gasteiger partial charge in [0.1, 0.15) is 12.2 Å². The van der Waals surface area contributed by atoms with Gasteiger partial charge in [-0.05, 0) is 120 Å². The number of ether oxygens (including phenoxy) is 2. The van der Waals surface area contributed by atoms with E-state index in [1.54, 1.807) is 6.08 Å². The molecule has 0 saturated carbocycles. The number of benzene rings is 2. The lowest BCUT2D eigenvalue weighted by Gasteiger charge is -2.36. The predicted molar refractivity (Wildman–Crippen MR) is 301 cm³/mol. The van der Waals surface area contributed by atoms with E-state index >= 15 is 0 Å². The summed E-state index contributed by atoms with van der Waals surface area (Å²) in [5.74, 6) is -1.84. The molecule has 0 bridgehead atoms. The Kier molecular flexibility index (Phi) is 35.4. The standard InChI is InChI=1S/C64H86N2O6/c1-6-8-10-12-14-16-18-20-22-24-26-27-29-31-33-35-37-42-50-58(67)66-59(68)52-53-65-63(70)62(72-61(56-47-40-39-41-48-56)57-49-45-44-46-55(57)3)64(4,5)54-71-60(69)51-43-38-36-34-32-30-28-25-23-21-19-17-15-13-11-9-7-2/h8-11,14-17,20-23,26-28,30-31,33-34,36,39-42,44-50,61-62H,6-7,12-13,18-19,24-25,29,32,35,37-38,43,51-54H2,1-5H3,(H,65,70)(H,66,67,68)/b10-8?,11-9?,16-14?,17-15?,22-20?,23-21?,27-26?,30-28?,33-31?,36-34?,50-42+. The van der Waals surface area contributed by atoms with E-state index in [2.05, 4.69) is 146 Å². The van der Waals surface area contributed by atoms with Gasteiger partial charge in [0.05, 0.1) is 6.61 Å². The summed E-state index contributed by atoms with van der Waals surface area (Å²) in [6.45, 7) is 9.85. The summed E-state index contributed by atoms with van der Waals surface area (Å²) in [7, 11) is 0. The topological polar surface area (TPSA) is 111 Å². The molecule has 2 N–H and O–H groups in total. The zero-order valence-electron chi connectivity index (χ0n) is 44.2. The van der Waals surface area contributed by atoms with Crippen LogP contribution in [0.4, 0.5) is 0 Å². The number of amides is 3.